The van der Waals surface area contributed by atoms with Gasteiger partial charge in [0, 0.05) is 50.3 Å². The molecule has 0 spiro atoms. The van der Waals surface area contributed by atoms with Gasteiger partial charge in [-0.15, -0.1) is 0 Å². The summed E-state index contributed by atoms with van der Waals surface area (Å²) in [4.78, 5) is 17.3. The predicted octanol–water partition coefficient (Wildman–Crippen LogP) is 7.39. The van der Waals surface area contributed by atoms with Crippen molar-refractivity contribution in [2.75, 3.05) is 65.1 Å². The first-order chi connectivity index (χ1) is 23.7. The van der Waals surface area contributed by atoms with Crippen molar-refractivity contribution < 1.29 is 33.2 Å². The normalized spacial score (nSPS) is 17.8. The molecule has 2 heterocycles. The van der Waals surface area contributed by atoms with Gasteiger partial charge in [0.2, 0.25) is 0 Å². The van der Waals surface area contributed by atoms with Crippen LogP contribution in [0.1, 0.15) is 68.2 Å². The number of rotatable bonds is 15. The van der Waals surface area contributed by atoms with Crippen molar-refractivity contribution in [3.8, 4) is 11.5 Å². The SMILES string of the molecule is COCCN1CCCc2ccc(CO[C@H]3CN(C(=O)OC(C)(C)C)CC[C@@H]3c3ccc(OCCCOCc4ccccc4OC)cc3)cc21. The van der Waals surface area contributed by atoms with Gasteiger partial charge in [-0.05, 0) is 81.0 Å². The van der Waals surface area contributed by atoms with Gasteiger partial charge in [-0.2, -0.15) is 0 Å². The van der Waals surface area contributed by atoms with Crippen molar-refractivity contribution in [1.82, 2.24) is 4.90 Å². The number of amides is 1. The number of benzene rings is 3. The van der Waals surface area contributed by atoms with Gasteiger partial charge in [0.1, 0.15) is 17.1 Å². The third-order valence-corrected chi connectivity index (χ3v) is 9.06. The van der Waals surface area contributed by atoms with Gasteiger partial charge >= 0.3 is 6.09 Å². The first-order valence-corrected chi connectivity index (χ1v) is 17.6. The standard InChI is InChI=1S/C40H54N2O7/c1-40(2,3)49-39(43)42-21-19-35(38(27-42)48-28-30-13-14-32-11-8-20-41(22-25-44-4)36(32)26-30)31-15-17-34(18-16-31)47-24-9-23-46-29-33-10-6-7-12-37(33)45-5/h6-7,10,12-18,26,35,38H,8-9,11,19-25,27-29H2,1-5H3/t35-,38+/m1/s1. The second-order valence-electron chi connectivity index (χ2n) is 13.9. The maximum atomic E-state index is 13.1. The van der Waals surface area contributed by atoms with Crippen LogP contribution in [0.4, 0.5) is 10.5 Å². The molecular formula is C40H54N2O7. The number of fused-ring (bicyclic) bond motifs is 1. The highest BCUT2D eigenvalue weighted by atomic mass is 16.6. The molecule has 1 saturated heterocycles. The second-order valence-corrected chi connectivity index (χ2v) is 13.9. The smallest absolute Gasteiger partial charge is 0.410 e. The number of likely N-dealkylation sites (tertiary alicyclic amines) is 1. The molecule has 3 aromatic carbocycles. The van der Waals surface area contributed by atoms with Crippen LogP contribution in [-0.2, 0) is 38.6 Å². The van der Waals surface area contributed by atoms with Crippen molar-refractivity contribution in [3.63, 3.8) is 0 Å². The Balaban J connectivity index is 1.19. The third-order valence-electron chi connectivity index (χ3n) is 9.06. The van der Waals surface area contributed by atoms with E-state index < -0.39 is 5.60 Å². The molecule has 5 rings (SSSR count). The van der Waals surface area contributed by atoms with Crippen molar-refractivity contribution in [3.05, 3.63) is 89.0 Å². The molecule has 49 heavy (non-hydrogen) atoms. The number of aryl methyl sites for hydroxylation is 1. The topological polar surface area (TPSA) is 78.9 Å². The van der Waals surface area contributed by atoms with E-state index in [1.165, 1.54) is 16.8 Å². The molecular weight excluding hydrogens is 620 g/mol. The zero-order chi connectivity index (χ0) is 34.6. The van der Waals surface area contributed by atoms with Crippen LogP contribution in [-0.4, -0.2) is 82.9 Å². The van der Waals surface area contributed by atoms with Crippen molar-refractivity contribution in [2.45, 2.75) is 77.3 Å². The van der Waals surface area contributed by atoms with Crippen molar-refractivity contribution >= 4 is 11.8 Å². The molecule has 1 fully saturated rings. The molecule has 0 N–H and O–H groups in total. The van der Waals surface area contributed by atoms with Crippen LogP contribution in [0, 0.1) is 0 Å². The Bertz CT molecular complexity index is 1470. The summed E-state index contributed by atoms with van der Waals surface area (Å²) in [7, 11) is 3.42. The highest BCUT2D eigenvalue weighted by Gasteiger charge is 2.35. The molecule has 1 amide bonds. The van der Waals surface area contributed by atoms with Crippen LogP contribution >= 0.6 is 0 Å². The van der Waals surface area contributed by atoms with Gasteiger partial charge in [0.25, 0.3) is 0 Å². The highest BCUT2D eigenvalue weighted by Crippen LogP contribution is 2.34. The number of methoxy groups -OCH3 is 2. The quantitative estimate of drug-likeness (QED) is 0.155. The maximum Gasteiger partial charge on any atom is 0.410 e. The molecule has 0 radical (unpaired) electrons. The first kappa shape index (κ1) is 36.5. The summed E-state index contributed by atoms with van der Waals surface area (Å²) < 4.78 is 35.1. The van der Waals surface area contributed by atoms with E-state index in [9.17, 15) is 4.79 Å². The Labute approximate surface area is 292 Å². The molecule has 2 aliphatic rings. The van der Waals surface area contributed by atoms with Gasteiger partial charge in [0.05, 0.1) is 52.8 Å². The van der Waals surface area contributed by atoms with E-state index in [0.29, 0.717) is 46.1 Å². The number of hydrogen-bond acceptors (Lipinski definition) is 8. The number of piperidine rings is 1. The third kappa shape index (κ3) is 10.6. The zero-order valence-electron chi connectivity index (χ0n) is 30.0. The van der Waals surface area contributed by atoms with Gasteiger partial charge in [-0.25, -0.2) is 4.79 Å². The Hall–Kier alpha value is -3.79. The number of ether oxygens (including phenoxy) is 6. The summed E-state index contributed by atoms with van der Waals surface area (Å²) in [5, 5.41) is 0. The number of anilines is 1. The van der Waals surface area contributed by atoms with Gasteiger partial charge in [-0.3, -0.25) is 0 Å². The fourth-order valence-corrected chi connectivity index (χ4v) is 6.55. The maximum absolute atomic E-state index is 13.1. The van der Waals surface area contributed by atoms with Crippen LogP contribution in [0.3, 0.4) is 0 Å². The summed E-state index contributed by atoms with van der Waals surface area (Å²) in [6.07, 6.45) is 3.32. The summed E-state index contributed by atoms with van der Waals surface area (Å²) in [6, 6.07) is 22.9. The average molecular weight is 675 g/mol. The minimum absolute atomic E-state index is 0.131. The fourth-order valence-electron chi connectivity index (χ4n) is 6.55. The zero-order valence-corrected chi connectivity index (χ0v) is 30.0. The number of para-hydroxylation sites is 1. The van der Waals surface area contributed by atoms with E-state index in [1.807, 2.05) is 57.2 Å². The Morgan fingerprint density at radius 2 is 1.73 bits per heavy atom. The molecule has 0 aromatic heterocycles. The van der Waals surface area contributed by atoms with Crippen LogP contribution in [0.25, 0.3) is 0 Å². The van der Waals surface area contributed by atoms with Gasteiger partial charge in [-0.1, -0.05) is 42.5 Å². The average Bonchev–Trinajstić information content (AvgIpc) is 3.10. The van der Waals surface area contributed by atoms with E-state index in [-0.39, 0.29) is 18.1 Å². The minimum atomic E-state index is -0.556. The summed E-state index contributed by atoms with van der Waals surface area (Å²) >= 11 is 0. The fraction of sp³-hybridized carbons (Fsp3) is 0.525. The van der Waals surface area contributed by atoms with E-state index in [1.54, 1.807) is 19.1 Å². The number of carbonyl (C=O) groups is 1. The molecule has 9 nitrogen and oxygen atoms in total. The lowest BCUT2D eigenvalue weighted by molar-refractivity contribution is -0.0359. The monoisotopic (exact) mass is 674 g/mol. The molecule has 9 heteroatoms. The number of nitrogens with zero attached hydrogens (tertiary/aromatic N) is 2. The molecule has 2 atom stereocenters. The van der Waals surface area contributed by atoms with Crippen LogP contribution in [0.15, 0.2) is 66.7 Å². The van der Waals surface area contributed by atoms with E-state index in [0.717, 1.165) is 61.4 Å². The minimum Gasteiger partial charge on any atom is -0.496 e. The highest BCUT2D eigenvalue weighted by molar-refractivity contribution is 5.68. The summed E-state index contributed by atoms with van der Waals surface area (Å²) in [6.45, 7) is 11.5. The summed E-state index contributed by atoms with van der Waals surface area (Å²) in [5.74, 6) is 1.79. The lowest BCUT2D eigenvalue weighted by Crippen LogP contribution is -2.48. The second kappa shape index (κ2) is 17.7. The molecule has 0 bridgehead atoms. The first-order valence-electron chi connectivity index (χ1n) is 17.6. The number of hydrogen-bond donors (Lipinski definition) is 0. The Kier molecular flexibility index (Phi) is 13.2. The molecule has 0 unspecified atom stereocenters. The molecule has 3 aromatic rings. The molecule has 0 aliphatic carbocycles. The Morgan fingerprint density at radius 3 is 2.51 bits per heavy atom. The lowest BCUT2D eigenvalue weighted by Gasteiger charge is -2.39. The largest absolute Gasteiger partial charge is 0.496 e. The van der Waals surface area contributed by atoms with Crippen molar-refractivity contribution in [2.24, 2.45) is 0 Å². The molecule has 0 saturated carbocycles. The van der Waals surface area contributed by atoms with Crippen LogP contribution < -0.4 is 14.4 Å². The molecule has 2 aliphatic heterocycles. The van der Waals surface area contributed by atoms with E-state index in [4.69, 9.17) is 28.4 Å². The van der Waals surface area contributed by atoms with E-state index >= 15 is 0 Å². The number of carbonyl (C=O) groups excluding carboxylic acids is 1. The summed E-state index contributed by atoms with van der Waals surface area (Å²) in [5.41, 5.74) is 5.44. The van der Waals surface area contributed by atoms with Crippen LogP contribution in [0.2, 0.25) is 0 Å². The van der Waals surface area contributed by atoms with Gasteiger partial charge < -0.3 is 38.2 Å². The molecule has 266 valence electrons. The predicted molar refractivity (Wildman–Crippen MR) is 192 cm³/mol. The van der Waals surface area contributed by atoms with Crippen molar-refractivity contribution in [1.29, 1.82) is 0 Å². The van der Waals surface area contributed by atoms with E-state index in [2.05, 4.69) is 35.2 Å². The van der Waals surface area contributed by atoms with Crippen LogP contribution in [0.5, 0.6) is 11.5 Å². The Morgan fingerprint density at radius 1 is 0.918 bits per heavy atom. The van der Waals surface area contributed by atoms with Gasteiger partial charge in [0.15, 0.2) is 0 Å². The lowest BCUT2D eigenvalue weighted by atomic mass is 9.87.